The van der Waals surface area contributed by atoms with Crippen molar-refractivity contribution in [1.82, 2.24) is 24.6 Å². The summed E-state index contributed by atoms with van der Waals surface area (Å²) in [6, 6.07) is 0. The molecule has 3 fully saturated rings. The summed E-state index contributed by atoms with van der Waals surface area (Å²) in [5.41, 5.74) is 0.0613. The average molecular weight is 385 g/mol. The second-order valence-corrected chi connectivity index (χ2v) is 8.23. The maximum atomic E-state index is 12.3. The van der Waals surface area contributed by atoms with Gasteiger partial charge in [0, 0.05) is 44.4 Å². The highest BCUT2D eigenvalue weighted by Crippen LogP contribution is 2.53. The smallest absolute Gasteiger partial charge is 0.410 e. The number of imidazole rings is 1. The summed E-state index contributed by atoms with van der Waals surface area (Å²) in [5.74, 6) is 2.07. The Balaban J connectivity index is 1.05. The molecule has 2 unspecified atom stereocenters. The SMILES string of the molecule is CC1(OC(=O)N2CC3C(CCNC(=O)c4cnc5nccn5c4)C3C2)COC1. The van der Waals surface area contributed by atoms with Gasteiger partial charge < -0.3 is 19.7 Å². The van der Waals surface area contributed by atoms with Gasteiger partial charge in [-0.2, -0.15) is 0 Å². The zero-order chi connectivity index (χ0) is 19.3. The second kappa shape index (κ2) is 6.44. The van der Waals surface area contributed by atoms with Gasteiger partial charge in [0.25, 0.3) is 5.91 Å². The molecule has 1 saturated carbocycles. The summed E-state index contributed by atoms with van der Waals surface area (Å²) >= 11 is 0. The molecule has 9 heteroatoms. The van der Waals surface area contributed by atoms with Crippen molar-refractivity contribution in [1.29, 1.82) is 0 Å². The molecule has 0 bridgehead atoms. The van der Waals surface area contributed by atoms with Gasteiger partial charge in [-0.15, -0.1) is 0 Å². The molecule has 2 aromatic heterocycles. The van der Waals surface area contributed by atoms with E-state index in [-0.39, 0.29) is 12.0 Å². The first kappa shape index (κ1) is 17.4. The lowest BCUT2D eigenvalue weighted by Crippen LogP contribution is -2.52. The van der Waals surface area contributed by atoms with Crippen LogP contribution in [0.3, 0.4) is 0 Å². The molecular weight excluding hydrogens is 362 g/mol. The average Bonchev–Trinajstić information content (AvgIpc) is 3.06. The monoisotopic (exact) mass is 385 g/mol. The molecule has 9 nitrogen and oxygen atoms in total. The minimum absolute atomic E-state index is 0.130. The molecule has 2 aliphatic heterocycles. The number of carbonyl (C=O) groups is 2. The van der Waals surface area contributed by atoms with E-state index in [0.717, 1.165) is 19.5 Å². The minimum Gasteiger partial charge on any atom is -0.438 e. The zero-order valence-electron chi connectivity index (χ0n) is 15.7. The molecule has 0 aromatic carbocycles. The molecule has 2 aromatic rings. The molecule has 148 valence electrons. The summed E-state index contributed by atoms with van der Waals surface area (Å²) in [6.45, 7) is 4.98. The highest BCUT2D eigenvalue weighted by atomic mass is 16.6. The molecule has 28 heavy (non-hydrogen) atoms. The number of amides is 2. The number of carbonyl (C=O) groups excluding carboxylic acids is 2. The molecule has 0 radical (unpaired) electrons. The van der Waals surface area contributed by atoms with E-state index < -0.39 is 5.60 Å². The first-order valence-corrected chi connectivity index (χ1v) is 9.65. The summed E-state index contributed by atoms with van der Waals surface area (Å²) in [7, 11) is 0. The number of nitrogens with one attached hydrogen (secondary N) is 1. The van der Waals surface area contributed by atoms with E-state index in [2.05, 4.69) is 15.3 Å². The van der Waals surface area contributed by atoms with Crippen molar-refractivity contribution in [3.05, 3.63) is 30.4 Å². The van der Waals surface area contributed by atoms with Gasteiger partial charge in [0.15, 0.2) is 5.60 Å². The fourth-order valence-corrected chi connectivity index (χ4v) is 4.34. The Morgan fingerprint density at radius 3 is 2.82 bits per heavy atom. The molecule has 2 amide bonds. The number of hydrogen-bond donors (Lipinski definition) is 1. The molecule has 2 atom stereocenters. The third kappa shape index (κ3) is 3.09. The van der Waals surface area contributed by atoms with E-state index >= 15 is 0 Å². The third-order valence-corrected chi connectivity index (χ3v) is 6.05. The number of nitrogens with zero attached hydrogens (tertiary/aromatic N) is 4. The molecule has 0 spiro atoms. The van der Waals surface area contributed by atoms with Crippen LogP contribution in [0.1, 0.15) is 23.7 Å². The fraction of sp³-hybridized carbons (Fsp3) is 0.579. The van der Waals surface area contributed by atoms with E-state index in [9.17, 15) is 9.59 Å². The van der Waals surface area contributed by atoms with E-state index in [1.165, 1.54) is 0 Å². The van der Waals surface area contributed by atoms with Gasteiger partial charge in [0.1, 0.15) is 0 Å². The van der Waals surface area contributed by atoms with Gasteiger partial charge in [0.2, 0.25) is 5.78 Å². The summed E-state index contributed by atoms with van der Waals surface area (Å²) in [4.78, 5) is 34.6. The first-order chi connectivity index (χ1) is 13.5. The number of ether oxygens (including phenoxy) is 2. The molecular formula is C19H23N5O4. The van der Waals surface area contributed by atoms with Crippen LogP contribution in [0, 0.1) is 17.8 Å². The number of rotatable bonds is 5. The van der Waals surface area contributed by atoms with Crippen LogP contribution in [0.4, 0.5) is 4.79 Å². The summed E-state index contributed by atoms with van der Waals surface area (Å²) < 4.78 is 12.4. The van der Waals surface area contributed by atoms with Gasteiger partial charge in [-0.25, -0.2) is 14.8 Å². The quantitative estimate of drug-likeness (QED) is 0.823. The van der Waals surface area contributed by atoms with Gasteiger partial charge in [-0.3, -0.25) is 9.20 Å². The summed E-state index contributed by atoms with van der Waals surface area (Å²) in [6.07, 6.45) is 7.38. The van der Waals surface area contributed by atoms with Crippen molar-refractivity contribution in [2.45, 2.75) is 18.9 Å². The maximum Gasteiger partial charge on any atom is 0.410 e. The van der Waals surface area contributed by atoms with Crippen molar-refractivity contribution in [2.24, 2.45) is 17.8 Å². The number of aromatic nitrogens is 3. The fourth-order valence-electron chi connectivity index (χ4n) is 4.34. The second-order valence-electron chi connectivity index (χ2n) is 8.23. The van der Waals surface area contributed by atoms with E-state index in [1.807, 2.05) is 6.92 Å². The number of likely N-dealkylation sites (tertiary alicyclic amines) is 1. The predicted octanol–water partition coefficient (Wildman–Crippen LogP) is 0.952. The van der Waals surface area contributed by atoms with Gasteiger partial charge in [0.05, 0.1) is 18.8 Å². The van der Waals surface area contributed by atoms with E-state index in [4.69, 9.17) is 9.47 Å². The Bertz CT molecular complexity index is 912. The summed E-state index contributed by atoms with van der Waals surface area (Å²) in [5, 5.41) is 2.96. The standard InChI is InChI=1S/C19H23N5O4/c1-19(10-27-11-19)28-18(26)24-8-14-13(15(14)9-24)2-3-20-16(25)12-6-22-17-21-4-5-23(17)7-12/h4-7,13-15H,2-3,8-11H2,1H3,(H,20,25). The highest BCUT2D eigenvalue weighted by molar-refractivity contribution is 5.93. The van der Waals surface area contributed by atoms with E-state index in [0.29, 0.717) is 48.9 Å². The van der Waals surface area contributed by atoms with Gasteiger partial charge in [-0.1, -0.05) is 0 Å². The third-order valence-electron chi connectivity index (χ3n) is 6.05. The highest BCUT2D eigenvalue weighted by Gasteiger charge is 2.56. The lowest BCUT2D eigenvalue weighted by Gasteiger charge is -2.38. The van der Waals surface area contributed by atoms with Crippen LogP contribution in [0.25, 0.3) is 5.78 Å². The lowest BCUT2D eigenvalue weighted by atomic mass is 10.1. The van der Waals surface area contributed by atoms with Crippen LogP contribution in [0.2, 0.25) is 0 Å². The van der Waals surface area contributed by atoms with Crippen molar-refractivity contribution >= 4 is 17.8 Å². The Labute approximate surface area is 162 Å². The predicted molar refractivity (Wildman–Crippen MR) is 97.7 cm³/mol. The Morgan fingerprint density at radius 2 is 2.11 bits per heavy atom. The lowest BCUT2D eigenvalue weighted by molar-refractivity contribution is -0.171. The number of fused-ring (bicyclic) bond motifs is 2. The minimum atomic E-state index is -0.456. The van der Waals surface area contributed by atoms with Crippen molar-refractivity contribution in [3.63, 3.8) is 0 Å². The molecule has 1 aliphatic carbocycles. The van der Waals surface area contributed by atoms with E-state index in [1.54, 1.807) is 34.1 Å². The largest absolute Gasteiger partial charge is 0.438 e. The number of piperidine rings is 1. The molecule has 3 aliphatic rings. The maximum absolute atomic E-state index is 12.3. The molecule has 1 N–H and O–H groups in total. The Kier molecular flexibility index (Phi) is 4.01. The van der Waals surface area contributed by atoms with Crippen molar-refractivity contribution in [3.8, 4) is 0 Å². The van der Waals surface area contributed by atoms with Crippen molar-refractivity contribution < 1.29 is 19.1 Å². The van der Waals surface area contributed by atoms with Crippen LogP contribution < -0.4 is 5.32 Å². The Morgan fingerprint density at radius 1 is 1.32 bits per heavy atom. The zero-order valence-corrected chi connectivity index (χ0v) is 15.7. The first-order valence-electron chi connectivity index (χ1n) is 9.65. The Hall–Kier alpha value is -2.68. The molecule has 2 saturated heterocycles. The molecule has 4 heterocycles. The molecule has 5 rings (SSSR count). The van der Waals surface area contributed by atoms with Crippen LogP contribution in [0.5, 0.6) is 0 Å². The number of hydrogen-bond acceptors (Lipinski definition) is 6. The van der Waals surface area contributed by atoms with Crippen LogP contribution in [-0.2, 0) is 9.47 Å². The van der Waals surface area contributed by atoms with Gasteiger partial charge >= 0.3 is 6.09 Å². The van der Waals surface area contributed by atoms with Crippen molar-refractivity contribution in [2.75, 3.05) is 32.8 Å². The van der Waals surface area contributed by atoms with Crippen LogP contribution in [-0.4, -0.2) is 69.7 Å². The van der Waals surface area contributed by atoms with Crippen LogP contribution in [0.15, 0.2) is 24.8 Å². The normalized spacial score (nSPS) is 27.2. The van der Waals surface area contributed by atoms with Gasteiger partial charge in [-0.05, 0) is 31.1 Å². The topological polar surface area (TPSA) is 98.1 Å². The van der Waals surface area contributed by atoms with Crippen LogP contribution >= 0.6 is 0 Å².